The van der Waals surface area contributed by atoms with Crippen molar-refractivity contribution in [2.24, 2.45) is 10.4 Å². The molecule has 5 heteroatoms. The van der Waals surface area contributed by atoms with Crippen LogP contribution in [0.4, 0.5) is 11.4 Å². The molecular formula is C16H10N2O3. The average Bonchev–Trinajstić information content (AvgIpc) is 2.55. The van der Waals surface area contributed by atoms with E-state index in [2.05, 4.69) is 10.4 Å². The van der Waals surface area contributed by atoms with Gasteiger partial charge in [0.15, 0.2) is 11.4 Å². The molecule has 0 fully saturated rings. The molecule has 1 N–H and O–H groups in total. The molecule has 0 aromatic heterocycles. The Bertz CT molecular complexity index is 842. The largest absolute Gasteiger partial charge is 0.505 e. The normalized spacial score (nSPS) is 10.5. The molecule has 3 aromatic carbocycles. The summed E-state index contributed by atoms with van der Waals surface area (Å²) in [4.78, 5) is 21.6. The van der Waals surface area contributed by atoms with Gasteiger partial charge >= 0.3 is 0 Å². The van der Waals surface area contributed by atoms with Gasteiger partial charge in [-0.25, -0.2) is 0 Å². The van der Waals surface area contributed by atoms with Crippen LogP contribution in [0.1, 0.15) is 0 Å². The lowest BCUT2D eigenvalue weighted by molar-refractivity contribution is 0.483. The second-order valence-corrected chi connectivity index (χ2v) is 4.57. The van der Waals surface area contributed by atoms with Crippen molar-refractivity contribution in [3.63, 3.8) is 0 Å². The van der Waals surface area contributed by atoms with Gasteiger partial charge in [0.25, 0.3) is 0 Å². The second-order valence-electron chi connectivity index (χ2n) is 4.57. The fourth-order valence-corrected chi connectivity index (χ4v) is 2.33. The molecule has 3 rings (SSSR count). The van der Waals surface area contributed by atoms with Gasteiger partial charge in [0.1, 0.15) is 5.69 Å². The van der Waals surface area contributed by atoms with E-state index in [0.29, 0.717) is 22.2 Å². The van der Waals surface area contributed by atoms with E-state index in [1.54, 1.807) is 42.5 Å². The van der Waals surface area contributed by atoms with Crippen molar-refractivity contribution in [1.82, 2.24) is 0 Å². The lowest BCUT2D eigenvalue weighted by atomic mass is 9.98. The Morgan fingerprint density at radius 2 is 1.57 bits per heavy atom. The summed E-state index contributed by atoms with van der Waals surface area (Å²) in [6, 6.07) is 15.4. The maximum absolute atomic E-state index is 11.1. The van der Waals surface area contributed by atoms with Crippen LogP contribution in [0.2, 0.25) is 0 Å². The monoisotopic (exact) mass is 278 g/mol. The summed E-state index contributed by atoms with van der Waals surface area (Å²) in [7, 11) is 0. The van der Waals surface area contributed by atoms with E-state index in [-0.39, 0.29) is 11.4 Å². The molecule has 0 unspecified atom stereocenters. The third-order valence-electron chi connectivity index (χ3n) is 3.37. The standard InChI is InChI=1S/C16H10N2O3/c19-16-13-4-2-1-3-11(13)9-14(15(16)18-21)10-5-7-12(17-20)8-6-10/h1-9,19H. The molecule has 0 spiro atoms. The molecular weight excluding hydrogens is 268 g/mol. The highest BCUT2D eigenvalue weighted by Crippen LogP contribution is 2.43. The molecule has 0 bridgehead atoms. The Morgan fingerprint density at radius 3 is 2.24 bits per heavy atom. The van der Waals surface area contributed by atoms with E-state index in [9.17, 15) is 14.9 Å². The zero-order valence-corrected chi connectivity index (χ0v) is 10.9. The number of rotatable bonds is 3. The third kappa shape index (κ3) is 2.14. The molecule has 0 radical (unpaired) electrons. The number of phenolic OH excluding ortho intramolecular Hbond substituents is 1. The number of fused-ring (bicyclic) bond motifs is 1. The second kappa shape index (κ2) is 5.13. The molecule has 0 aliphatic carbocycles. The first-order chi connectivity index (χ1) is 10.2. The molecule has 0 amide bonds. The Labute approximate surface area is 119 Å². The van der Waals surface area contributed by atoms with Crippen molar-refractivity contribution in [3.05, 3.63) is 64.4 Å². The van der Waals surface area contributed by atoms with Crippen LogP contribution < -0.4 is 0 Å². The van der Waals surface area contributed by atoms with Gasteiger partial charge in [0.2, 0.25) is 0 Å². The molecule has 3 aromatic rings. The highest BCUT2D eigenvalue weighted by atomic mass is 16.3. The molecule has 0 saturated carbocycles. The summed E-state index contributed by atoms with van der Waals surface area (Å²) < 4.78 is 0. The van der Waals surface area contributed by atoms with E-state index >= 15 is 0 Å². The van der Waals surface area contributed by atoms with Crippen molar-refractivity contribution >= 4 is 22.1 Å². The van der Waals surface area contributed by atoms with Crippen LogP contribution in [0.3, 0.4) is 0 Å². The minimum absolute atomic E-state index is 0.0134. The Kier molecular flexibility index (Phi) is 3.16. The number of hydrogen-bond acceptors (Lipinski definition) is 5. The number of hydrogen-bond donors (Lipinski definition) is 1. The van der Waals surface area contributed by atoms with Crippen LogP contribution in [0, 0.1) is 9.81 Å². The first-order valence-corrected chi connectivity index (χ1v) is 6.26. The van der Waals surface area contributed by atoms with E-state index < -0.39 is 0 Å². The number of phenols is 1. The summed E-state index contributed by atoms with van der Waals surface area (Å²) in [5.41, 5.74) is 1.47. The van der Waals surface area contributed by atoms with E-state index in [1.807, 2.05) is 12.1 Å². The molecule has 5 nitrogen and oxygen atoms in total. The Morgan fingerprint density at radius 1 is 0.857 bits per heavy atom. The number of aromatic hydroxyl groups is 1. The summed E-state index contributed by atoms with van der Waals surface area (Å²) in [5, 5.41) is 17.4. The highest BCUT2D eigenvalue weighted by Gasteiger charge is 2.14. The lowest BCUT2D eigenvalue weighted by Crippen LogP contribution is -1.82. The molecule has 0 aliphatic rings. The zero-order valence-electron chi connectivity index (χ0n) is 10.9. The van der Waals surface area contributed by atoms with Crippen molar-refractivity contribution in [2.75, 3.05) is 0 Å². The third-order valence-corrected chi connectivity index (χ3v) is 3.37. The van der Waals surface area contributed by atoms with Gasteiger partial charge in [-0.1, -0.05) is 36.4 Å². The molecule has 0 aliphatic heterocycles. The van der Waals surface area contributed by atoms with Gasteiger partial charge in [-0.05, 0) is 39.5 Å². The van der Waals surface area contributed by atoms with Crippen LogP contribution in [0.5, 0.6) is 5.75 Å². The Hall–Kier alpha value is -3.08. The highest BCUT2D eigenvalue weighted by molar-refractivity contribution is 5.99. The van der Waals surface area contributed by atoms with Crippen LogP contribution in [-0.2, 0) is 0 Å². The van der Waals surface area contributed by atoms with Crippen LogP contribution in [-0.4, -0.2) is 5.11 Å². The van der Waals surface area contributed by atoms with Crippen LogP contribution >= 0.6 is 0 Å². The summed E-state index contributed by atoms with van der Waals surface area (Å²) in [6.07, 6.45) is 0. The first-order valence-electron chi connectivity index (χ1n) is 6.26. The van der Waals surface area contributed by atoms with Gasteiger partial charge in [-0.2, -0.15) is 0 Å². The quantitative estimate of drug-likeness (QED) is 0.684. The Balaban J connectivity index is 2.29. The molecule has 0 heterocycles. The van der Waals surface area contributed by atoms with Gasteiger partial charge in [-0.3, -0.25) is 0 Å². The predicted molar refractivity (Wildman–Crippen MR) is 82.0 cm³/mol. The van der Waals surface area contributed by atoms with Crippen molar-refractivity contribution in [3.8, 4) is 16.9 Å². The van der Waals surface area contributed by atoms with E-state index in [4.69, 9.17) is 0 Å². The van der Waals surface area contributed by atoms with Gasteiger partial charge < -0.3 is 5.11 Å². The van der Waals surface area contributed by atoms with E-state index in [0.717, 1.165) is 5.39 Å². The van der Waals surface area contributed by atoms with Crippen molar-refractivity contribution in [1.29, 1.82) is 0 Å². The number of benzene rings is 3. The smallest absolute Gasteiger partial charge is 0.158 e. The summed E-state index contributed by atoms with van der Waals surface area (Å²) >= 11 is 0. The zero-order chi connectivity index (χ0) is 14.8. The lowest BCUT2D eigenvalue weighted by Gasteiger charge is -2.09. The minimum Gasteiger partial charge on any atom is -0.505 e. The van der Waals surface area contributed by atoms with Gasteiger partial charge in [0.05, 0.1) is 0 Å². The van der Waals surface area contributed by atoms with Crippen molar-refractivity contribution in [2.45, 2.75) is 0 Å². The average molecular weight is 278 g/mol. The summed E-state index contributed by atoms with van der Waals surface area (Å²) in [6.45, 7) is 0. The molecule has 102 valence electrons. The van der Waals surface area contributed by atoms with Crippen LogP contribution in [0.25, 0.3) is 21.9 Å². The molecule has 21 heavy (non-hydrogen) atoms. The minimum atomic E-state index is -0.143. The fraction of sp³-hybridized carbons (Fsp3) is 0. The topological polar surface area (TPSA) is 79.1 Å². The van der Waals surface area contributed by atoms with Crippen LogP contribution in [0.15, 0.2) is 65.0 Å². The van der Waals surface area contributed by atoms with Gasteiger partial charge in [0, 0.05) is 10.9 Å². The first kappa shape index (κ1) is 12.9. The number of nitrogens with zero attached hydrogens (tertiary/aromatic N) is 2. The summed E-state index contributed by atoms with van der Waals surface area (Å²) in [5.74, 6) is -0.143. The van der Waals surface area contributed by atoms with Gasteiger partial charge in [-0.15, -0.1) is 9.81 Å². The van der Waals surface area contributed by atoms with Crippen molar-refractivity contribution < 1.29 is 5.11 Å². The maximum atomic E-state index is 11.1. The fourth-order valence-electron chi connectivity index (χ4n) is 2.33. The van der Waals surface area contributed by atoms with E-state index in [1.165, 1.54) is 0 Å². The predicted octanol–water partition coefficient (Wildman–Crippen LogP) is 5.01. The number of nitroso groups, excluding NO2 is 2. The maximum Gasteiger partial charge on any atom is 0.158 e. The molecule has 0 atom stereocenters. The SMILES string of the molecule is O=Nc1ccc(-c2cc3ccccc3c(O)c2N=O)cc1. The molecule has 0 saturated heterocycles.